The van der Waals surface area contributed by atoms with Gasteiger partial charge in [-0.2, -0.15) is 0 Å². The molecule has 2 aromatic rings. The number of nitrogens with one attached hydrogen (secondary N) is 2. The van der Waals surface area contributed by atoms with Crippen LogP contribution in [0.25, 0.3) is 0 Å². The Morgan fingerprint density at radius 2 is 1.74 bits per heavy atom. The molecule has 5 nitrogen and oxygen atoms in total. The Balaban J connectivity index is 2.04. The summed E-state index contributed by atoms with van der Waals surface area (Å²) >= 11 is 0. The molecule has 0 unspecified atom stereocenters. The average molecular weight is 314 g/mol. The van der Waals surface area contributed by atoms with E-state index < -0.39 is 12.1 Å². The number of carbonyl (C=O) groups excluding carboxylic acids is 1. The van der Waals surface area contributed by atoms with Gasteiger partial charge in [0, 0.05) is 0 Å². The minimum absolute atomic E-state index is 0.00974. The number of carbonyl (C=O) groups is 1. The first kappa shape index (κ1) is 16.8. The van der Waals surface area contributed by atoms with E-state index in [1.807, 2.05) is 56.3 Å². The van der Waals surface area contributed by atoms with Crippen LogP contribution < -0.4 is 15.4 Å². The number of hydrogen-bond donors (Lipinski definition) is 3. The molecule has 1 atom stereocenters. The van der Waals surface area contributed by atoms with Crippen LogP contribution in [0.4, 0.5) is 10.5 Å². The highest BCUT2D eigenvalue weighted by Gasteiger charge is 2.14. The number of benzene rings is 2. The van der Waals surface area contributed by atoms with Gasteiger partial charge in [0.2, 0.25) is 0 Å². The van der Waals surface area contributed by atoms with Crippen LogP contribution in [-0.4, -0.2) is 23.8 Å². The van der Waals surface area contributed by atoms with Gasteiger partial charge in [0.1, 0.15) is 5.75 Å². The van der Waals surface area contributed by atoms with Crippen molar-refractivity contribution in [2.45, 2.75) is 26.0 Å². The predicted molar refractivity (Wildman–Crippen MR) is 90.6 cm³/mol. The second kappa shape index (κ2) is 8.19. The molecule has 2 aromatic carbocycles. The predicted octanol–water partition coefficient (Wildman–Crippen LogP) is 3.33. The van der Waals surface area contributed by atoms with Crippen LogP contribution in [0.3, 0.4) is 0 Å². The van der Waals surface area contributed by atoms with Gasteiger partial charge in [-0.25, -0.2) is 4.79 Å². The van der Waals surface area contributed by atoms with Crippen LogP contribution >= 0.6 is 0 Å². The summed E-state index contributed by atoms with van der Waals surface area (Å²) in [4.78, 5) is 12.2. The largest absolute Gasteiger partial charge is 0.489 e. The minimum Gasteiger partial charge on any atom is -0.489 e. The summed E-state index contributed by atoms with van der Waals surface area (Å²) in [5, 5.41) is 15.0. The van der Waals surface area contributed by atoms with Crippen molar-refractivity contribution in [1.29, 1.82) is 0 Å². The molecule has 23 heavy (non-hydrogen) atoms. The fourth-order valence-corrected chi connectivity index (χ4v) is 2.16. The third-order valence-electron chi connectivity index (χ3n) is 3.19. The zero-order chi connectivity index (χ0) is 16.7. The van der Waals surface area contributed by atoms with E-state index in [1.54, 1.807) is 12.1 Å². The first-order chi connectivity index (χ1) is 11.1. The van der Waals surface area contributed by atoms with E-state index in [4.69, 9.17) is 4.74 Å². The topological polar surface area (TPSA) is 70.6 Å². The highest BCUT2D eigenvalue weighted by Crippen LogP contribution is 2.25. The molecule has 0 radical (unpaired) electrons. The minimum atomic E-state index is -0.464. The third-order valence-corrected chi connectivity index (χ3v) is 3.19. The lowest BCUT2D eigenvalue weighted by molar-refractivity contribution is 0.224. The van der Waals surface area contributed by atoms with Crippen molar-refractivity contribution >= 4 is 11.7 Å². The second-order valence-electron chi connectivity index (χ2n) is 5.41. The Morgan fingerprint density at radius 3 is 2.39 bits per heavy atom. The van der Waals surface area contributed by atoms with Gasteiger partial charge in [-0.05, 0) is 31.5 Å². The maximum absolute atomic E-state index is 12.2. The number of anilines is 1. The Morgan fingerprint density at radius 1 is 1.09 bits per heavy atom. The van der Waals surface area contributed by atoms with E-state index in [2.05, 4.69) is 10.6 Å². The zero-order valence-corrected chi connectivity index (χ0v) is 13.3. The smallest absolute Gasteiger partial charge is 0.319 e. The Bertz CT molecular complexity index is 629. The summed E-state index contributed by atoms with van der Waals surface area (Å²) in [5.74, 6) is 0.609. The summed E-state index contributed by atoms with van der Waals surface area (Å²) in [6, 6.07) is 15.7. The van der Waals surface area contributed by atoms with Crippen molar-refractivity contribution in [2.75, 3.05) is 11.9 Å². The van der Waals surface area contributed by atoms with Crippen LogP contribution in [-0.2, 0) is 0 Å². The molecule has 2 amide bonds. The number of urea groups is 1. The first-order valence-corrected chi connectivity index (χ1v) is 7.59. The van der Waals surface area contributed by atoms with Crippen LogP contribution in [0, 0.1) is 0 Å². The van der Waals surface area contributed by atoms with Gasteiger partial charge < -0.3 is 20.5 Å². The van der Waals surface area contributed by atoms with E-state index in [9.17, 15) is 9.90 Å². The molecular formula is C18H22N2O3. The van der Waals surface area contributed by atoms with Gasteiger partial charge in [0.15, 0.2) is 0 Å². The number of hydrogen-bond acceptors (Lipinski definition) is 3. The molecule has 3 N–H and O–H groups in total. The van der Waals surface area contributed by atoms with Gasteiger partial charge in [-0.3, -0.25) is 0 Å². The number of para-hydroxylation sites is 2. The van der Waals surface area contributed by atoms with Crippen LogP contribution in [0.5, 0.6) is 5.75 Å². The number of rotatable bonds is 6. The van der Waals surface area contributed by atoms with Crippen LogP contribution in [0.2, 0.25) is 0 Å². The normalized spacial score (nSPS) is 11.8. The van der Waals surface area contributed by atoms with Gasteiger partial charge in [0.05, 0.1) is 24.4 Å². The van der Waals surface area contributed by atoms with Crippen molar-refractivity contribution in [3.63, 3.8) is 0 Å². The molecule has 0 heterocycles. The molecule has 0 aromatic heterocycles. The summed E-state index contributed by atoms with van der Waals surface area (Å²) < 4.78 is 5.67. The molecule has 0 aliphatic carbocycles. The summed E-state index contributed by atoms with van der Waals surface area (Å²) in [6.45, 7) is 3.67. The fraction of sp³-hybridized carbons (Fsp3) is 0.278. The molecule has 0 spiro atoms. The molecule has 5 heteroatoms. The van der Waals surface area contributed by atoms with Crippen molar-refractivity contribution in [2.24, 2.45) is 0 Å². The van der Waals surface area contributed by atoms with E-state index in [0.717, 1.165) is 5.56 Å². The monoisotopic (exact) mass is 314 g/mol. The second-order valence-corrected chi connectivity index (χ2v) is 5.41. The van der Waals surface area contributed by atoms with Crippen molar-refractivity contribution < 1.29 is 14.6 Å². The van der Waals surface area contributed by atoms with E-state index in [1.165, 1.54) is 0 Å². The van der Waals surface area contributed by atoms with Gasteiger partial charge in [0.25, 0.3) is 0 Å². The molecule has 122 valence electrons. The first-order valence-electron chi connectivity index (χ1n) is 7.59. The van der Waals surface area contributed by atoms with Crippen LogP contribution in [0.15, 0.2) is 54.6 Å². The number of amides is 2. The molecule has 0 saturated carbocycles. The Kier molecular flexibility index (Phi) is 6.00. The Labute approximate surface area is 136 Å². The number of ether oxygens (including phenoxy) is 1. The lowest BCUT2D eigenvalue weighted by atomic mass is 10.1. The maximum atomic E-state index is 12.2. The standard InChI is InChI=1S/C18H22N2O3/c1-13(2)23-17-11-7-6-10-15(17)19-18(22)20-16(12-21)14-8-4-3-5-9-14/h3-11,13,16,21H,12H2,1-2H3,(H2,19,20,22)/t16-/m1/s1. The Hall–Kier alpha value is -2.53. The van der Waals surface area contributed by atoms with E-state index in [-0.39, 0.29) is 12.7 Å². The van der Waals surface area contributed by atoms with Crippen molar-refractivity contribution in [1.82, 2.24) is 5.32 Å². The lowest BCUT2D eigenvalue weighted by Crippen LogP contribution is -2.34. The molecule has 2 rings (SSSR count). The number of aliphatic hydroxyl groups excluding tert-OH is 1. The molecule has 0 aliphatic heterocycles. The fourth-order valence-electron chi connectivity index (χ4n) is 2.16. The molecular weight excluding hydrogens is 292 g/mol. The molecule has 0 fully saturated rings. The van der Waals surface area contributed by atoms with E-state index in [0.29, 0.717) is 11.4 Å². The van der Waals surface area contributed by atoms with Gasteiger partial charge in [-0.15, -0.1) is 0 Å². The van der Waals surface area contributed by atoms with Gasteiger partial charge >= 0.3 is 6.03 Å². The third kappa shape index (κ3) is 5.00. The molecule has 0 aliphatic rings. The highest BCUT2D eigenvalue weighted by molar-refractivity contribution is 5.91. The molecule has 0 saturated heterocycles. The average Bonchev–Trinajstić information content (AvgIpc) is 2.55. The summed E-state index contributed by atoms with van der Waals surface area (Å²) in [6.07, 6.45) is 0.00974. The SMILES string of the molecule is CC(C)Oc1ccccc1NC(=O)N[C@H](CO)c1ccccc1. The molecule has 0 bridgehead atoms. The maximum Gasteiger partial charge on any atom is 0.319 e. The summed E-state index contributed by atoms with van der Waals surface area (Å²) in [5.41, 5.74) is 1.43. The van der Waals surface area contributed by atoms with Crippen molar-refractivity contribution in [3.8, 4) is 5.75 Å². The quantitative estimate of drug-likeness (QED) is 0.766. The van der Waals surface area contributed by atoms with Crippen LogP contribution in [0.1, 0.15) is 25.5 Å². The lowest BCUT2D eigenvalue weighted by Gasteiger charge is -2.19. The summed E-state index contributed by atoms with van der Waals surface area (Å²) in [7, 11) is 0. The van der Waals surface area contributed by atoms with Gasteiger partial charge in [-0.1, -0.05) is 42.5 Å². The van der Waals surface area contributed by atoms with E-state index >= 15 is 0 Å². The number of aliphatic hydroxyl groups is 1. The zero-order valence-electron chi connectivity index (χ0n) is 13.3. The highest BCUT2D eigenvalue weighted by atomic mass is 16.5. The van der Waals surface area contributed by atoms with Crippen molar-refractivity contribution in [3.05, 3.63) is 60.2 Å².